The lowest BCUT2D eigenvalue weighted by molar-refractivity contribution is -0.139. The van der Waals surface area contributed by atoms with Crippen molar-refractivity contribution < 1.29 is 23.9 Å². The molecule has 8 N–H and O–H groups in total. The SMILES string of the molecule is NC(N)=NCCCCC(=O)Nc1ccc(CC(NC(=O)c2[nH]c3ccccc3c2F)C(=O)O)cc1. The van der Waals surface area contributed by atoms with Crippen molar-refractivity contribution in [2.75, 3.05) is 11.9 Å². The number of carbonyl (C=O) groups is 3. The van der Waals surface area contributed by atoms with Gasteiger partial charge in [-0.25, -0.2) is 9.18 Å². The summed E-state index contributed by atoms with van der Waals surface area (Å²) >= 11 is 0. The van der Waals surface area contributed by atoms with Crippen molar-refractivity contribution in [1.29, 1.82) is 0 Å². The number of aromatic nitrogens is 1. The molecule has 0 fully saturated rings. The standard InChI is InChI=1S/C24H27FN6O4/c25-20-16-5-1-2-6-17(16)30-21(20)22(33)31-18(23(34)35)13-14-8-10-15(11-9-14)29-19(32)7-3-4-12-28-24(26)27/h1-2,5-6,8-11,18,30H,3-4,7,12-13H2,(H,29,32)(H,31,33)(H,34,35)(H4,26,27,28). The number of unbranched alkanes of at least 4 members (excludes halogenated alkanes) is 1. The second-order valence-electron chi connectivity index (χ2n) is 7.94. The Balaban J connectivity index is 1.55. The average Bonchev–Trinajstić information content (AvgIpc) is 3.16. The van der Waals surface area contributed by atoms with E-state index in [0.717, 1.165) is 0 Å². The van der Waals surface area contributed by atoms with Gasteiger partial charge in [-0.3, -0.25) is 14.6 Å². The van der Waals surface area contributed by atoms with Crippen LogP contribution in [0.5, 0.6) is 0 Å². The maximum atomic E-state index is 14.6. The Morgan fingerprint density at radius 2 is 1.77 bits per heavy atom. The third kappa shape index (κ3) is 7.03. The number of halogens is 1. The number of anilines is 1. The Hall–Kier alpha value is -4.41. The number of aliphatic imine (C=N–C) groups is 1. The van der Waals surface area contributed by atoms with Gasteiger partial charge in [0.15, 0.2) is 11.8 Å². The molecule has 0 aliphatic carbocycles. The number of H-pyrrole nitrogens is 1. The number of carbonyl (C=O) groups excluding carboxylic acids is 2. The highest BCUT2D eigenvalue weighted by molar-refractivity contribution is 6.00. The Kier molecular flexibility index (Phi) is 8.38. The summed E-state index contributed by atoms with van der Waals surface area (Å²) in [6.07, 6.45) is 1.58. The van der Waals surface area contributed by atoms with Crippen molar-refractivity contribution >= 4 is 40.3 Å². The largest absolute Gasteiger partial charge is 0.480 e. The molecule has 1 atom stereocenters. The summed E-state index contributed by atoms with van der Waals surface area (Å²) in [7, 11) is 0. The van der Waals surface area contributed by atoms with Gasteiger partial charge in [0.2, 0.25) is 5.91 Å². The van der Waals surface area contributed by atoms with Crippen molar-refractivity contribution in [3.8, 4) is 0 Å². The molecule has 2 amide bonds. The van der Waals surface area contributed by atoms with Gasteiger partial charge >= 0.3 is 5.97 Å². The van der Waals surface area contributed by atoms with Crippen LogP contribution in [-0.4, -0.2) is 46.4 Å². The third-order valence-electron chi connectivity index (χ3n) is 5.26. The molecule has 3 aromatic rings. The van der Waals surface area contributed by atoms with Crippen LogP contribution in [0.25, 0.3) is 10.9 Å². The first-order valence-electron chi connectivity index (χ1n) is 11.0. The first-order chi connectivity index (χ1) is 16.7. The molecule has 1 unspecified atom stereocenters. The van der Waals surface area contributed by atoms with Crippen molar-refractivity contribution in [3.05, 3.63) is 65.6 Å². The molecule has 1 heterocycles. The van der Waals surface area contributed by atoms with E-state index in [1.165, 1.54) is 6.07 Å². The van der Waals surface area contributed by atoms with Gasteiger partial charge in [-0.05, 0) is 42.7 Å². The van der Waals surface area contributed by atoms with E-state index in [-0.39, 0.29) is 29.4 Å². The number of carboxylic acids is 1. The van der Waals surface area contributed by atoms with Gasteiger partial charge < -0.3 is 32.2 Å². The number of aliphatic carboxylic acids is 1. The molecular formula is C24H27FN6O4. The van der Waals surface area contributed by atoms with Gasteiger partial charge in [0.05, 0.1) is 0 Å². The number of carboxylic acid groups (broad SMARTS) is 1. The lowest BCUT2D eigenvalue weighted by Gasteiger charge is -2.15. The lowest BCUT2D eigenvalue weighted by Crippen LogP contribution is -2.42. The predicted octanol–water partition coefficient (Wildman–Crippen LogP) is 2.11. The second kappa shape index (κ2) is 11.6. The highest BCUT2D eigenvalue weighted by Gasteiger charge is 2.25. The van der Waals surface area contributed by atoms with E-state index < -0.39 is 23.7 Å². The minimum atomic E-state index is -1.28. The number of hydrogen-bond donors (Lipinski definition) is 6. The molecule has 1 aromatic heterocycles. The fraction of sp³-hybridized carbons (Fsp3) is 0.250. The van der Waals surface area contributed by atoms with Crippen LogP contribution in [0.2, 0.25) is 0 Å². The predicted molar refractivity (Wildman–Crippen MR) is 130 cm³/mol. The number of para-hydroxylation sites is 1. The van der Waals surface area contributed by atoms with Gasteiger partial charge in [0.25, 0.3) is 5.91 Å². The van der Waals surface area contributed by atoms with Crippen LogP contribution >= 0.6 is 0 Å². The van der Waals surface area contributed by atoms with E-state index in [4.69, 9.17) is 11.5 Å². The molecule has 10 nitrogen and oxygen atoms in total. The number of guanidine groups is 1. The van der Waals surface area contributed by atoms with Gasteiger partial charge in [-0.1, -0.05) is 24.3 Å². The maximum absolute atomic E-state index is 14.6. The van der Waals surface area contributed by atoms with Crippen LogP contribution in [0.1, 0.15) is 35.3 Å². The lowest BCUT2D eigenvalue weighted by atomic mass is 10.1. The number of fused-ring (bicyclic) bond motifs is 1. The molecule has 0 spiro atoms. The summed E-state index contributed by atoms with van der Waals surface area (Å²) in [5, 5.41) is 14.9. The number of amides is 2. The number of nitrogens with one attached hydrogen (secondary N) is 3. The van der Waals surface area contributed by atoms with E-state index in [1.54, 1.807) is 42.5 Å². The quantitative estimate of drug-likeness (QED) is 0.139. The van der Waals surface area contributed by atoms with Crippen LogP contribution in [0.4, 0.5) is 10.1 Å². The number of hydrogen-bond acceptors (Lipinski definition) is 4. The van der Waals surface area contributed by atoms with Gasteiger partial charge in [-0.15, -0.1) is 0 Å². The van der Waals surface area contributed by atoms with Gasteiger partial charge in [0.1, 0.15) is 11.7 Å². The molecule has 0 saturated heterocycles. The molecule has 0 radical (unpaired) electrons. The van der Waals surface area contributed by atoms with E-state index in [2.05, 4.69) is 20.6 Å². The molecule has 0 aliphatic heterocycles. The van der Waals surface area contributed by atoms with E-state index in [1.807, 2.05) is 0 Å². The van der Waals surface area contributed by atoms with Crippen molar-refractivity contribution in [2.45, 2.75) is 31.7 Å². The Bertz CT molecular complexity index is 1230. The number of rotatable bonds is 11. The average molecular weight is 483 g/mol. The van der Waals surface area contributed by atoms with Crippen LogP contribution < -0.4 is 22.1 Å². The van der Waals surface area contributed by atoms with E-state index >= 15 is 0 Å². The highest BCUT2D eigenvalue weighted by atomic mass is 19.1. The fourth-order valence-corrected chi connectivity index (χ4v) is 3.48. The first kappa shape index (κ1) is 25.2. The first-order valence-corrected chi connectivity index (χ1v) is 11.0. The molecular weight excluding hydrogens is 455 g/mol. The van der Waals surface area contributed by atoms with Crippen LogP contribution in [0, 0.1) is 5.82 Å². The molecule has 11 heteroatoms. The van der Waals surface area contributed by atoms with Crippen LogP contribution in [0.3, 0.4) is 0 Å². The molecule has 184 valence electrons. The number of nitrogens with zero attached hydrogens (tertiary/aromatic N) is 1. The van der Waals surface area contributed by atoms with Crippen molar-refractivity contribution in [3.63, 3.8) is 0 Å². The Morgan fingerprint density at radius 3 is 2.43 bits per heavy atom. The summed E-state index contributed by atoms with van der Waals surface area (Å²) < 4.78 is 14.6. The molecule has 0 bridgehead atoms. The molecule has 3 rings (SSSR count). The molecule has 2 aromatic carbocycles. The minimum absolute atomic E-state index is 0.0178. The number of benzene rings is 2. The Morgan fingerprint density at radius 1 is 1.06 bits per heavy atom. The monoisotopic (exact) mass is 482 g/mol. The summed E-state index contributed by atoms with van der Waals surface area (Å²) in [6.45, 7) is 0.457. The highest BCUT2D eigenvalue weighted by Crippen LogP contribution is 2.20. The summed E-state index contributed by atoms with van der Waals surface area (Å²) in [5.41, 5.74) is 11.8. The van der Waals surface area contributed by atoms with E-state index in [9.17, 15) is 23.9 Å². The van der Waals surface area contributed by atoms with Crippen LogP contribution in [0.15, 0.2) is 53.5 Å². The van der Waals surface area contributed by atoms with Gasteiger partial charge in [0, 0.05) is 36.0 Å². The smallest absolute Gasteiger partial charge is 0.326 e. The van der Waals surface area contributed by atoms with E-state index in [0.29, 0.717) is 42.6 Å². The van der Waals surface area contributed by atoms with Crippen molar-refractivity contribution in [1.82, 2.24) is 10.3 Å². The zero-order valence-corrected chi connectivity index (χ0v) is 18.9. The number of nitrogens with two attached hydrogens (primary N) is 2. The summed E-state index contributed by atoms with van der Waals surface area (Å²) in [6, 6.07) is 11.8. The Labute approximate surface area is 200 Å². The normalized spacial score (nSPS) is 11.6. The van der Waals surface area contributed by atoms with Crippen LogP contribution in [-0.2, 0) is 16.0 Å². The maximum Gasteiger partial charge on any atom is 0.326 e. The topological polar surface area (TPSA) is 176 Å². The summed E-state index contributed by atoms with van der Waals surface area (Å²) in [5.74, 6) is -3.00. The fourth-order valence-electron chi connectivity index (χ4n) is 3.48. The number of aromatic amines is 1. The third-order valence-corrected chi connectivity index (χ3v) is 5.26. The second-order valence-corrected chi connectivity index (χ2v) is 7.94. The zero-order chi connectivity index (χ0) is 25.4. The van der Waals surface area contributed by atoms with Crippen molar-refractivity contribution in [2.24, 2.45) is 16.5 Å². The molecule has 35 heavy (non-hydrogen) atoms. The van der Waals surface area contributed by atoms with Gasteiger partial charge in [-0.2, -0.15) is 0 Å². The molecule has 0 aliphatic rings. The summed E-state index contributed by atoms with van der Waals surface area (Å²) in [4.78, 5) is 42.9. The minimum Gasteiger partial charge on any atom is -0.480 e. The zero-order valence-electron chi connectivity index (χ0n) is 18.9. The molecule has 0 saturated carbocycles.